The summed E-state index contributed by atoms with van der Waals surface area (Å²) in [6, 6.07) is 2.99. The third-order valence-corrected chi connectivity index (χ3v) is 5.03. The van der Waals surface area contributed by atoms with Crippen LogP contribution < -0.4 is 5.32 Å². The SMILES string of the molecule is CC1C(NCc2ccn[nH]2)CC2CCC1N2C(=O)OC(C)(C)C. The molecule has 0 radical (unpaired) electrons. The first-order valence-electron chi connectivity index (χ1n) is 8.58. The second-order valence-corrected chi connectivity index (χ2v) is 7.85. The largest absolute Gasteiger partial charge is 0.444 e. The summed E-state index contributed by atoms with van der Waals surface area (Å²) >= 11 is 0. The van der Waals surface area contributed by atoms with Crippen LogP contribution in [0.2, 0.25) is 0 Å². The molecule has 1 aromatic heterocycles. The molecule has 2 fully saturated rings. The molecule has 3 heterocycles. The van der Waals surface area contributed by atoms with Gasteiger partial charge in [-0.15, -0.1) is 0 Å². The molecule has 6 nitrogen and oxygen atoms in total. The van der Waals surface area contributed by atoms with Gasteiger partial charge in [-0.25, -0.2) is 4.79 Å². The number of ether oxygens (including phenoxy) is 1. The van der Waals surface area contributed by atoms with Crippen molar-refractivity contribution in [3.8, 4) is 0 Å². The maximum Gasteiger partial charge on any atom is 0.410 e. The zero-order chi connectivity index (χ0) is 16.6. The van der Waals surface area contributed by atoms with Crippen LogP contribution in [0.5, 0.6) is 0 Å². The van der Waals surface area contributed by atoms with E-state index in [4.69, 9.17) is 4.74 Å². The number of nitrogens with one attached hydrogen (secondary N) is 2. The van der Waals surface area contributed by atoms with Gasteiger partial charge in [0.05, 0.1) is 0 Å². The van der Waals surface area contributed by atoms with Crippen molar-refractivity contribution in [3.63, 3.8) is 0 Å². The fourth-order valence-electron chi connectivity index (χ4n) is 3.93. The summed E-state index contributed by atoms with van der Waals surface area (Å²) in [6.45, 7) is 8.81. The Balaban J connectivity index is 1.63. The van der Waals surface area contributed by atoms with Crippen LogP contribution in [0.25, 0.3) is 0 Å². The number of carbonyl (C=O) groups excluding carboxylic acids is 1. The van der Waals surface area contributed by atoms with Crippen molar-refractivity contribution >= 4 is 6.09 Å². The fourth-order valence-corrected chi connectivity index (χ4v) is 3.93. The zero-order valence-corrected chi connectivity index (χ0v) is 14.5. The molecule has 4 atom stereocenters. The number of aromatic nitrogens is 2. The van der Waals surface area contributed by atoms with E-state index in [0.29, 0.717) is 18.0 Å². The average Bonchev–Trinajstić information content (AvgIpc) is 3.07. The molecule has 23 heavy (non-hydrogen) atoms. The van der Waals surface area contributed by atoms with Crippen LogP contribution in [0.1, 0.15) is 52.7 Å². The van der Waals surface area contributed by atoms with E-state index >= 15 is 0 Å². The van der Waals surface area contributed by atoms with Crippen molar-refractivity contribution in [1.82, 2.24) is 20.4 Å². The molecule has 3 rings (SSSR count). The summed E-state index contributed by atoms with van der Waals surface area (Å²) in [6.07, 6.45) is 4.77. The normalized spacial score (nSPS) is 30.5. The summed E-state index contributed by atoms with van der Waals surface area (Å²) < 4.78 is 5.61. The van der Waals surface area contributed by atoms with Crippen molar-refractivity contribution in [2.24, 2.45) is 5.92 Å². The summed E-state index contributed by atoms with van der Waals surface area (Å²) in [5, 5.41) is 10.6. The van der Waals surface area contributed by atoms with Gasteiger partial charge in [0.1, 0.15) is 5.60 Å². The van der Waals surface area contributed by atoms with Gasteiger partial charge in [-0.05, 0) is 52.0 Å². The van der Waals surface area contributed by atoms with Crippen LogP contribution in [0, 0.1) is 5.92 Å². The van der Waals surface area contributed by atoms with E-state index in [2.05, 4.69) is 22.4 Å². The first-order valence-corrected chi connectivity index (χ1v) is 8.58. The lowest BCUT2D eigenvalue weighted by atomic mass is 9.87. The van der Waals surface area contributed by atoms with Crippen LogP contribution in [0.3, 0.4) is 0 Å². The third-order valence-electron chi connectivity index (χ3n) is 5.03. The third kappa shape index (κ3) is 3.52. The molecule has 6 heteroatoms. The quantitative estimate of drug-likeness (QED) is 0.898. The van der Waals surface area contributed by atoms with Crippen molar-refractivity contribution in [1.29, 1.82) is 0 Å². The second kappa shape index (κ2) is 6.15. The molecular weight excluding hydrogens is 292 g/mol. The van der Waals surface area contributed by atoms with Gasteiger partial charge in [-0.2, -0.15) is 5.10 Å². The molecule has 128 valence electrons. The standard InChI is InChI=1S/C17H28N4O2/c1-11-14(18-10-12-7-8-19-20-12)9-13-5-6-15(11)21(13)16(22)23-17(2,3)4/h7-8,11,13-15,18H,5-6,9-10H2,1-4H3,(H,19,20). The monoisotopic (exact) mass is 320 g/mol. The van der Waals surface area contributed by atoms with E-state index in [1.54, 1.807) is 6.20 Å². The Hall–Kier alpha value is -1.56. The molecule has 0 aliphatic carbocycles. The summed E-state index contributed by atoms with van der Waals surface area (Å²) in [7, 11) is 0. The van der Waals surface area contributed by atoms with Crippen molar-refractivity contribution in [3.05, 3.63) is 18.0 Å². The maximum absolute atomic E-state index is 12.5. The minimum Gasteiger partial charge on any atom is -0.444 e. The van der Waals surface area contributed by atoms with Crippen LogP contribution >= 0.6 is 0 Å². The lowest BCUT2D eigenvalue weighted by Crippen LogP contribution is -2.56. The molecule has 2 aliphatic heterocycles. The molecule has 2 saturated heterocycles. The highest BCUT2D eigenvalue weighted by atomic mass is 16.6. The molecule has 0 spiro atoms. The number of nitrogens with zero attached hydrogens (tertiary/aromatic N) is 2. The number of amides is 1. The number of piperidine rings is 1. The van der Waals surface area contributed by atoms with Gasteiger partial charge < -0.3 is 15.0 Å². The Kier molecular flexibility index (Phi) is 4.36. The van der Waals surface area contributed by atoms with E-state index in [-0.39, 0.29) is 12.1 Å². The number of hydrogen-bond donors (Lipinski definition) is 2. The van der Waals surface area contributed by atoms with Gasteiger partial charge in [-0.3, -0.25) is 5.10 Å². The molecule has 2 N–H and O–H groups in total. The molecule has 2 bridgehead atoms. The number of hydrogen-bond acceptors (Lipinski definition) is 4. The number of rotatable bonds is 3. The number of H-pyrrole nitrogens is 1. The molecule has 1 amide bonds. The fraction of sp³-hybridized carbons (Fsp3) is 0.765. The highest BCUT2D eigenvalue weighted by Gasteiger charge is 2.48. The zero-order valence-electron chi connectivity index (χ0n) is 14.5. The number of aromatic amines is 1. The van der Waals surface area contributed by atoms with E-state index in [1.165, 1.54) is 0 Å². The van der Waals surface area contributed by atoms with Gasteiger partial charge in [0.25, 0.3) is 0 Å². The average molecular weight is 320 g/mol. The Morgan fingerprint density at radius 3 is 2.91 bits per heavy atom. The smallest absolute Gasteiger partial charge is 0.410 e. The predicted octanol–water partition coefficient (Wildman–Crippen LogP) is 2.68. The Morgan fingerprint density at radius 2 is 2.26 bits per heavy atom. The lowest BCUT2D eigenvalue weighted by molar-refractivity contribution is -0.00539. The summed E-state index contributed by atoms with van der Waals surface area (Å²) in [5.41, 5.74) is 0.661. The van der Waals surface area contributed by atoms with Crippen molar-refractivity contribution < 1.29 is 9.53 Å². The van der Waals surface area contributed by atoms with Gasteiger partial charge in [0.15, 0.2) is 0 Å². The van der Waals surface area contributed by atoms with Gasteiger partial charge in [0.2, 0.25) is 0 Å². The first kappa shape index (κ1) is 16.3. The van der Waals surface area contributed by atoms with E-state index in [0.717, 1.165) is 31.5 Å². The Bertz CT molecular complexity index is 537. The molecule has 2 aliphatic rings. The minimum atomic E-state index is -0.435. The van der Waals surface area contributed by atoms with Gasteiger partial charge >= 0.3 is 6.09 Å². The van der Waals surface area contributed by atoms with Crippen molar-refractivity contribution in [2.45, 2.75) is 77.2 Å². The maximum atomic E-state index is 12.5. The second-order valence-electron chi connectivity index (χ2n) is 7.85. The van der Waals surface area contributed by atoms with E-state index < -0.39 is 5.60 Å². The van der Waals surface area contributed by atoms with Crippen LogP contribution in [0.4, 0.5) is 4.79 Å². The van der Waals surface area contributed by atoms with Crippen LogP contribution in [0.15, 0.2) is 12.3 Å². The van der Waals surface area contributed by atoms with Crippen LogP contribution in [-0.2, 0) is 11.3 Å². The predicted molar refractivity (Wildman–Crippen MR) is 87.9 cm³/mol. The molecular formula is C17H28N4O2. The number of fused-ring (bicyclic) bond motifs is 2. The molecule has 0 aromatic carbocycles. The van der Waals surface area contributed by atoms with E-state index in [1.807, 2.05) is 31.7 Å². The van der Waals surface area contributed by atoms with Crippen molar-refractivity contribution in [2.75, 3.05) is 0 Å². The van der Waals surface area contributed by atoms with Crippen LogP contribution in [-0.4, -0.2) is 44.9 Å². The minimum absolute atomic E-state index is 0.149. The highest BCUT2D eigenvalue weighted by molar-refractivity contribution is 5.69. The van der Waals surface area contributed by atoms with Gasteiger partial charge in [0, 0.05) is 36.6 Å². The molecule has 4 unspecified atom stereocenters. The highest BCUT2D eigenvalue weighted by Crippen LogP contribution is 2.40. The topological polar surface area (TPSA) is 70.2 Å². The lowest BCUT2D eigenvalue weighted by Gasteiger charge is -2.43. The Morgan fingerprint density at radius 1 is 1.48 bits per heavy atom. The first-order chi connectivity index (χ1) is 10.8. The Labute approximate surface area is 138 Å². The van der Waals surface area contributed by atoms with Gasteiger partial charge in [-0.1, -0.05) is 6.92 Å². The summed E-state index contributed by atoms with van der Waals surface area (Å²) in [4.78, 5) is 14.5. The molecule has 0 saturated carbocycles. The number of carbonyl (C=O) groups is 1. The molecule has 1 aromatic rings. The van der Waals surface area contributed by atoms with E-state index in [9.17, 15) is 4.79 Å². The summed E-state index contributed by atoms with van der Waals surface area (Å²) in [5.74, 6) is 0.421.